The van der Waals surface area contributed by atoms with Gasteiger partial charge in [0, 0.05) is 60.6 Å². The van der Waals surface area contributed by atoms with Crippen LogP contribution in [-0.4, -0.2) is 24.1 Å². The Morgan fingerprint density at radius 3 is 1.64 bits per heavy atom. The van der Waals surface area contributed by atoms with Crippen molar-refractivity contribution in [2.24, 2.45) is 0 Å². The molecule has 302 valence electrons. The second kappa shape index (κ2) is 15.1. The molecule has 0 aliphatic rings. The monoisotopic (exact) mass is 821 g/mol. The molecule has 4 aromatic heterocycles. The minimum atomic E-state index is 0.560. The first-order valence-electron chi connectivity index (χ1n) is 21.5. The van der Waals surface area contributed by atoms with Crippen LogP contribution >= 0.6 is 0 Å². The third-order valence-electron chi connectivity index (χ3n) is 12.3. The average molecular weight is 822 g/mol. The van der Waals surface area contributed by atoms with E-state index in [1.165, 1.54) is 38.1 Å². The molecule has 0 radical (unpaired) electrons. The van der Waals surface area contributed by atoms with Crippen LogP contribution in [0.4, 0.5) is 0 Å². The smallest absolute Gasteiger partial charge is 0.164 e. The SMILES string of the molecule is C=Cc1oc2cc(-c3nc(-c4ccccc4)nc(-c4cccc(-n5c6ccccc6c6c(-c7cccc(-n8c9ccccc9c9ccccc98)c7)cccc65)c4)n3)ccc2c1/C=C\C. The predicted molar refractivity (Wildman–Crippen MR) is 265 cm³/mol. The van der Waals surface area contributed by atoms with E-state index in [4.69, 9.17) is 19.4 Å². The molecule has 4 heterocycles. The maximum absolute atomic E-state index is 6.27. The van der Waals surface area contributed by atoms with Gasteiger partial charge in [-0.05, 0) is 84.8 Å². The highest BCUT2D eigenvalue weighted by Crippen LogP contribution is 2.41. The molecule has 0 bridgehead atoms. The Labute approximate surface area is 369 Å². The second-order valence-electron chi connectivity index (χ2n) is 16.0. The van der Waals surface area contributed by atoms with Crippen LogP contribution in [0.3, 0.4) is 0 Å². The molecule has 0 N–H and O–H groups in total. The Balaban J connectivity index is 1.01. The molecule has 0 saturated heterocycles. The molecule has 0 aliphatic heterocycles. The summed E-state index contributed by atoms with van der Waals surface area (Å²) in [6, 6.07) is 66.3. The summed E-state index contributed by atoms with van der Waals surface area (Å²) >= 11 is 0. The van der Waals surface area contributed by atoms with E-state index in [9.17, 15) is 0 Å². The van der Waals surface area contributed by atoms with E-state index >= 15 is 0 Å². The predicted octanol–water partition coefficient (Wildman–Crippen LogP) is 15.2. The zero-order valence-corrected chi connectivity index (χ0v) is 35.0. The number of rotatable bonds is 8. The minimum absolute atomic E-state index is 0.560. The fourth-order valence-electron chi connectivity index (χ4n) is 9.45. The Morgan fingerprint density at radius 2 is 0.969 bits per heavy atom. The number of hydrogen-bond acceptors (Lipinski definition) is 4. The summed E-state index contributed by atoms with van der Waals surface area (Å²) in [6.07, 6.45) is 5.81. The van der Waals surface area contributed by atoms with E-state index in [2.05, 4.69) is 167 Å². The summed E-state index contributed by atoms with van der Waals surface area (Å²) in [4.78, 5) is 15.3. The van der Waals surface area contributed by atoms with Crippen LogP contribution in [0.5, 0.6) is 0 Å². The Morgan fingerprint density at radius 1 is 0.453 bits per heavy atom. The van der Waals surface area contributed by atoms with E-state index in [-0.39, 0.29) is 0 Å². The van der Waals surface area contributed by atoms with Gasteiger partial charge in [0.2, 0.25) is 0 Å². The summed E-state index contributed by atoms with van der Waals surface area (Å²) in [5.41, 5.74) is 13.4. The van der Waals surface area contributed by atoms with Gasteiger partial charge in [-0.3, -0.25) is 0 Å². The molecular formula is C58H39N5O. The number of benzene rings is 8. The first-order chi connectivity index (χ1) is 31.6. The largest absolute Gasteiger partial charge is 0.456 e. The minimum Gasteiger partial charge on any atom is -0.456 e. The highest BCUT2D eigenvalue weighted by molar-refractivity contribution is 6.16. The lowest BCUT2D eigenvalue weighted by Gasteiger charge is -2.13. The standard InChI is InChI=1S/C58H39N5O/c1-3-17-46-47-33-32-40(36-54(47)64-53(46)4-2)58-60-56(37-18-6-5-7-19-37)59-57(61-58)39-21-15-23-42(35-39)63-51-30-13-10-26-48(51)55-43(27-16-31-52(55)63)38-20-14-22-41(34-38)62-49-28-11-8-24-44(49)45-25-9-12-29-50(45)62/h3-36H,2H2,1H3/b17-3-. The number of aromatic nitrogens is 5. The van der Waals surface area contributed by atoms with Crippen molar-refractivity contribution in [3.05, 3.63) is 212 Å². The highest BCUT2D eigenvalue weighted by atomic mass is 16.3. The molecular weight excluding hydrogens is 783 g/mol. The van der Waals surface area contributed by atoms with Gasteiger partial charge in [-0.25, -0.2) is 15.0 Å². The Kier molecular flexibility index (Phi) is 8.76. The van der Waals surface area contributed by atoms with E-state index < -0.39 is 0 Å². The number of allylic oxidation sites excluding steroid dienone is 1. The first kappa shape index (κ1) is 37.2. The van der Waals surface area contributed by atoms with Crippen LogP contribution in [0.25, 0.3) is 123 Å². The second-order valence-corrected chi connectivity index (χ2v) is 16.0. The summed E-state index contributed by atoms with van der Waals surface area (Å²) in [5, 5.41) is 5.88. The van der Waals surface area contributed by atoms with Crippen molar-refractivity contribution in [3.63, 3.8) is 0 Å². The topological polar surface area (TPSA) is 61.7 Å². The van der Waals surface area contributed by atoms with E-state index in [1.807, 2.05) is 55.5 Å². The Bertz CT molecular complexity index is 3780. The zero-order chi connectivity index (χ0) is 42.7. The molecule has 0 saturated carbocycles. The van der Waals surface area contributed by atoms with Gasteiger partial charge in [0.25, 0.3) is 0 Å². The van der Waals surface area contributed by atoms with Crippen LogP contribution in [0.15, 0.2) is 205 Å². The molecule has 0 spiro atoms. The number of nitrogens with zero attached hydrogens (tertiary/aromatic N) is 5. The number of para-hydroxylation sites is 3. The molecule has 0 fully saturated rings. The quantitative estimate of drug-likeness (QED) is 0.153. The molecule has 0 atom stereocenters. The summed E-state index contributed by atoms with van der Waals surface area (Å²) in [7, 11) is 0. The van der Waals surface area contributed by atoms with Crippen LogP contribution in [0.2, 0.25) is 0 Å². The molecule has 12 aromatic rings. The van der Waals surface area contributed by atoms with Gasteiger partial charge in [0.1, 0.15) is 11.3 Å². The van der Waals surface area contributed by atoms with Gasteiger partial charge in [0.15, 0.2) is 17.5 Å². The third-order valence-corrected chi connectivity index (χ3v) is 12.3. The molecule has 6 heteroatoms. The number of fused-ring (bicyclic) bond motifs is 7. The van der Waals surface area contributed by atoms with E-state index in [1.54, 1.807) is 6.08 Å². The maximum Gasteiger partial charge on any atom is 0.164 e. The van der Waals surface area contributed by atoms with Crippen LogP contribution < -0.4 is 0 Å². The molecule has 8 aromatic carbocycles. The first-order valence-corrected chi connectivity index (χ1v) is 21.5. The normalized spacial score (nSPS) is 11.8. The van der Waals surface area contributed by atoms with E-state index in [0.717, 1.165) is 67.0 Å². The highest BCUT2D eigenvalue weighted by Gasteiger charge is 2.20. The van der Waals surface area contributed by atoms with E-state index in [0.29, 0.717) is 17.5 Å². The maximum atomic E-state index is 6.27. The van der Waals surface area contributed by atoms with Gasteiger partial charge >= 0.3 is 0 Å². The molecule has 64 heavy (non-hydrogen) atoms. The Hall–Kier alpha value is -8.61. The lowest BCUT2D eigenvalue weighted by atomic mass is 9.99. The van der Waals surface area contributed by atoms with Crippen molar-refractivity contribution in [2.45, 2.75) is 6.92 Å². The van der Waals surface area contributed by atoms with Crippen molar-refractivity contribution >= 4 is 66.7 Å². The van der Waals surface area contributed by atoms with Crippen molar-refractivity contribution in [1.82, 2.24) is 24.1 Å². The molecule has 0 unspecified atom stereocenters. The molecule has 12 rings (SSSR count). The van der Waals surface area contributed by atoms with Gasteiger partial charge in [-0.1, -0.05) is 146 Å². The lowest BCUT2D eigenvalue weighted by Crippen LogP contribution is -2.01. The average Bonchev–Trinajstić information content (AvgIpc) is 4.01. The van der Waals surface area contributed by atoms with Crippen LogP contribution in [-0.2, 0) is 0 Å². The third kappa shape index (κ3) is 5.99. The van der Waals surface area contributed by atoms with Gasteiger partial charge < -0.3 is 13.6 Å². The zero-order valence-electron chi connectivity index (χ0n) is 35.0. The fourth-order valence-corrected chi connectivity index (χ4v) is 9.45. The summed E-state index contributed by atoms with van der Waals surface area (Å²) in [6.45, 7) is 5.98. The van der Waals surface area contributed by atoms with Crippen LogP contribution in [0.1, 0.15) is 18.2 Å². The van der Waals surface area contributed by atoms with Crippen molar-refractivity contribution < 1.29 is 4.42 Å². The van der Waals surface area contributed by atoms with Crippen molar-refractivity contribution in [2.75, 3.05) is 0 Å². The van der Waals surface area contributed by atoms with Crippen molar-refractivity contribution in [1.29, 1.82) is 0 Å². The molecule has 0 amide bonds. The molecule has 0 aliphatic carbocycles. The summed E-state index contributed by atoms with van der Waals surface area (Å²) in [5.74, 6) is 2.46. The van der Waals surface area contributed by atoms with Gasteiger partial charge in [-0.2, -0.15) is 0 Å². The lowest BCUT2D eigenvalue weighted by molar-refractivity contribution is 0.603. The molecule has 6 nitrogen and oxygen atoms in total. The number of hydrogen-bond donors (Lipinski definition) is 0. The van der Waals surface area contributed by atoms with Crippen molar-refractivity contribution in [3.8, 4) is 56.7 Å². The van der Waals surface area contributed by atoms with Gasteiger partial charge in [-0.15, -0.1) is 0 Å². The van der Waals surface area contributed by atoms with Gasteiger partial charge in [0.05, 0.1) is 22.1 Å². The fraction of sp³-hybridized carbons (Fsp3) is 0.0172. The number of furan rings is 1. The van der Waals surface area contributed by atoms with Crippen LogP contribution in [0, 0.1) is 0 Å². The summed E-state index contributed by atoms with van der Waals surface area (Å²) < 4.78 is 11.0.